The molecule has 28 heavy (non-hydrogen) atoms. The van der Waals surface area contributed by atoms with Gasteiger partial charge in [-0.1, -0.05) is 31.9 Å². The molecule has 3 saturated carbocycles. The van der Waals surface area contributed by atoms with Gasteiger partial charge < -0.3 is 5.32 Å². The molecule has 0 spiro atoms. The average Bonchev–Trinajstić information content (AvgIpc) is 3.15. The molecule has 0 aromatic heterocycles. The summed E-state index contributed by atoms with van der Waals surface area (Å²) in [6.45, 7) is 5.84. The van der Waals surface area contributed by atoms with E-state index < -0.39 is 0 Å². The molecule has 1 heterocycles. The monoisotopic (exact) mass is 383 g/mol. The van der Waals surface area contributed by atoms with Crippen molar-refractivity contribution in [2.45, 2.75) is 90.5 Å². The Morgan fingerprint density at radius 3 is 2.61 bits per heavy atom. The van der Waals surface area contributed by atoms with Gasteiger partial charge >= 0.3 is 0 Å². The molecule has 0 aromatic rings. The Bertz CT molecular complexity index is 705. The van der Waals surface area contributed by atoms with Crippen molar-refractivity contribution < 1.29 is 9.59 Å². The van der Waals surface area contributed by atoms with Crippen LogP contribution in [0.2, 0.25) is 0 Å². The van der Waals surface area contributed by atoms with Crippen LogP contribution in [-0.2, 0) is 9.59 Å². The molecule has 0 aromatic carbocycles. The van der Waals surface area contributed by atoms with Gasteiger partial charge in [-0.25, -0.2) is 0 Å². The number of hydrogen-bond acceptors (Lipinski definition) is 3. The molecule has 1 N–H and O–H groups in total. The van der Waals surface area contributed by atoms with E-state index >= 15 is 0 Å². The number of nitrogens with one attached hydrogen (secondary N) is 1. The summed E-state index contributed by atoms with van der Waals surface area (Å²) in [5.74, 6) is 3.07. The molecular weight excluding hydrogens is 346 g/mol. The number of carbonyl (C=O) groups excluding carboxylic acids is 2. The van der Waals surface area contributed by atoms with Crippen molar-refractivity contribution in [2.75, 3.05) is 6.54 Å². The van der Waals surface area contributed by atoms with Gasteiger partial charge in [0, 0.05) is 30.2 Å². The van der Waals surface area contributed by atoms with Crippen LogP contribution < -0.4 is 5.32 Å². The lowest BCUT2D eigenvalue weighted by molar-refractivity contribution is -0.140. The predicted molar refractivity (Wildman–Crippen MR) is 111 cm³/mol. The maximum atomic E-state index is 13.0. The van der Waals surface area contributed by atoms with Gasteiger partial charge in [0.25, 0.3) is 0 Å². The average molecular weight is 384 g/mol. The molecule has 7 atom stereocenters. The zero-order valence-electron chi connectivity index (χ0n) is 17.8. The summed E-state index contributed by atoms with van der Waals surface area (Å²) in [4.78, 5) is 26.0. The van der Waals surface area contributed by atoms with Crippen LogP contribution in [0.15, 0.2) is 11.6 Å². The highest BCUT2D eigenvalue weighted by molar-refractivity contribution is 5.86. The molecule has 1 saturated heterocycles. The van der Waals surface area contributed by atoms with Crippen molar-refractivity contribution in [3.8, 4) is 0 Å². The molecule has 1 aliphatic heterocycles. The third-order valence-electron chi connectivity index (χ3n) is 9.83. The molecule has 0 radical (unpaired) electrons. The summed E-state index contributed by atoms with van der Waals surface area (Å²) in [6.07, 6.45) is 14.2. The minimum absolute atomic E-state index is 0.0870. The van der Waals surface area contributed by atoms with Gasteiger partial charge in [-0.2, -0.15) is 0 Å². The fraction of sp³-hybridized carbons (Fsp3) is 0.840. The zero-order valence-corrected chi connectivity index (χ0v) is 17.8. The molecule has 0 amide bonds. The SMILES string of the molecule is CC12CCC3C(CC=C4CC(=O)C(C5CCCN5)CC43C)C1CCCCC2=O. The normalized spacial score (nSPS) is 48.9. The van der Waals surface area contributed by atoms with Gasteiger partial charge in [-0.3, -0.25) is 9.59 Å². The minimum atomic E-state index is -0.0870. The molecule has 5 rings (SSSR count). The lowest BCUT2D eigenvalue weighted by atomic mass is 9.45. The second-order valence-corrected chi connectivity index (χ2v) is 11.0. The highest BCUT2D eigenvalue weighted by atomic mass is 16.1. The maximum Gasteiger partial charge on any atom is 0.141 e. The Morgan fingerprint density at radius 1 is 1.00 bits per heavy atom. The molecule has 5 aliphatic rings. The first-order valence-corrected chi connectivity index (χ1v) is 11.9. The lowest BCUT2D eigenvalue weighted by Gasteiger charge is -2.58. The van der Waals surface area contributed by atoms with Crippen LogP contribution in [0.3, 0.4) is 0 Å². The fourth-order valence-corrected chi connectivity index (χ4v) is 8.16. The largest absolute Gasteiger partial charge is 0.313 e. The first-order chi connectivity index (χ1) is 13.4. The fourth-order valence-electron chi connectivity index (χ4n) is 8.16. The van der Waals surface area contributed by atoms with Crippen LogP contribution in [-0.4, -0.2) is 24.2 Å². The minimum Gasteiger partial charge on any atom is -0.313 e. The molecule has 154 valence electrons. The number of rotatable bonds is 1. The first kappa shape index (κ1) is 19.0. The van der Waals surface area contributed by atoms with Crippen LogP contribution >= 0.6 is 0 Å². The topological polar surface area (TPSA) is 46.2 Å². The third kappa shape index (κ3) is 2.71. The van der Waals surface area contributed by atoms with E-state index in [9.17, 15) is 9.59 Å². The van der Waals surface area contributed by atoms with Crippen molar-refractivity contribution in [2.24, 2.45) is 34.5 Å². The Morgan fingerprint density at radius 2 is 1.82 bits per heavy atom. The van der Waals surface area contributed by atoms with Crippen molar-refractivity contribution in [1.82, 2.24) is 5.32 Å². The Balaban J connectivity index is 1.47. The molecule has 3 heteroatoms. The molecule has 4 fully saturated rings. The second-order valence-electron chi connectivity index (χ2n) is 11.0. The van der Waals surface area contributed by atoms with Gasteiger partial charge in [0.05, 0.1) is 0 Å². The first-order valence-electron chi connectivity index (χ1n) is 11.9. The van der Waals surface area contributed by atoms with Crippen molar-refractivity contribution in [3.05, 3.63) is 11.6 Å². The summed E-state index contributed by atoms with van der Waals surface area (Å²) in [5.41, 5.74) is 1.52. The van der Waals surface area contributed by atoms with Crippen molar-refractivity contribution >= 4 is 11.6 Å². The zero-order chi connectivity index (χ0) is 19.5. The summed E-state index contributed by atoms with van der Waals surface area (Å²) < 4.78 is 0. The van der Waals surface area contributed by atoms with E-state index in [0.717, 1.165) is 45.1 Å². The Kier molecular flexibility index (Phi) is 4.61. The Hall–Kier alpha value is -0.960. The van der Waals surface area contributed by atoms with Gasteiger partial charge in [-0.05, 0) is 81.1 Å². The third-order valence-corrected chi connectivity index (χ3v) is 9.83. The maximum absolute atomic E-state index is 13.0. The van der Waals surface area contributed by atoms with E-state index in [-0.39, 0.29) is 16.7 Å². The van der Waals surface area contributed by atoms with Crippen molar-refractivity contribution in [1.29, 1.82) is 0 Å². The van der Waals surface area contributed by atoms with Gasteiger partial charge in [0.15, 0.2) is 0 Å². The highest BCUT2D eigenvalue weighted by Crippen LogP contribution is 2.63. The summed E-state index contributed by atoms with van der Waals surface area (Å²) in [7, 11) is 0. The van der Waals surface area contributed by atoms with Crippen LogP contribution in [0.5, 0.6) is 0 Å². The number of fused-ring (bicyclic) bond motifs is 5. The van der Waals surface area contributed by atoms with Gasteiger partial charge in [0.2, 0.25) is 0 Å². The summed E-state index contributed by atoms with van der Waals surface area (Å²) >= 11 is 0. The predicted octanol–water partition coefficient (Wildman–Crippen LogP) is 4.85. The van der Waals surface area contributed by atoms with E-state index in [1.54, 1.807) is 0 Å². The van der Waals surface area contributed by atoms with E-state index in [2.05, 4.69) is 25.2 Å². The molecule has 7 unspecified atom stereocenters. The van der Waals surface area contributed by atoms with Gasteiger partial charge in [-0.15, -0.1) is 0 Å². The molecular formula is C25H37NO2. The summed E-state index contributed by atoms with van der Waals surface area (Å²) in [6, 6.07) is 0.402. The molecule has 4 aliphatic carbocycles. The number of allylic oxidation sites excluding steroid dienone is 2. The Labute approximate surface area is 170 Å². The van der Waals surface area contributed by atoms with E-state index in [0.29, 0.717) is 41.8 Å². The van der Waals surface area contributed by atoms with Gasteiger partial charge in [0.1, 0.15) is 11.6 Å². The van der Waals surface area contributed by atoms with Crippen LogP contribution in [0.4, 0.5) is 0 Å². The smallest absolute Gasteiger partial charge is 0.141 e. The standard InChI is InChI=1S/C25H37NO2/c1-24-12-11-20-17(19(24)6-3-4-8-23(24)28)10-9-16-14-22(27)18(15-25(16,20)2)21-7-5-13-26-21/h9,17-21,26H,3-8,10-15H2,1-2H3. The van der Waals surface area contributed by atoms with Crippen LogP contribution in [0, 0.1) is 34.5 Å². The quantitative estimate of drug-likeness (QED) is 0.659. The second kappa shape index (κ2) is 6.79. The van der Waals surface area contributed by atoms with Crippen molar-refractivity contribution in [3.63, 3.8) is 0 Å². The number of hydrogen-bond donors (Lipinski definition) is 1. The van der Waals surface area contributed by atoms with E-state index in [4.69, 9.17) is 0 Å². The highest BCUT2D eigenvalue weighted by Gasteiger charge is 2.58. The number of carbonyl (C=O) groups is 2. The van der Waals surface area contributed by atoms with Crippen LogP contribution in [0.1, 0.15) is 84.5 Å². The molecule has 3 nitrogen and oxygen atoms in total. The molecule has 0 bridgehead atoms. The van der Waals surface area contributed by atoms with Crippen LogP contribution in [0.25, 0.3) is 0 Å². The van der Waals surface area contributed by atoms with E-state index in [1.807, 2.05) is 0 Å². The summed E-state index contributed by atoms with van der Waals surface area (Å²) in [5, 5.41) is 3.62. The van der Waals surface area contributed by atoms with E-state index in [1.165, 1.54) is 31.3 Å². The number of ketones is 2. The number of Topliss-reactive ketones (excluding diaryl/α,β-unsaturated/α-hetero) is 2. The lowest BCUT2D eigenvalue weighted by Crippen LogP contribution is -2.54.